The van der Waals surface area contributed by atoms with E-state index in [1.165, 1.54) is 25.9 Å². The predicted octanol–water partition coefficient (Wildman–Crippen LogP) is 2.71. The Bertz CT molecular complexity index is 1120. The molecule has 36 heavy (non-hydrogen) atoms. The first kappa shape index (κ1) is 23.2. The average molecular weight is 493 g/mol. The predicted molar refractivity (Wildman–Crippen MR) is 132 cm³/mol. The van der Waals surface area contributed by atoms with Crippen LogP contribution in [0.5, 0.6) is 11.5 Å². The van der Waals surface area contributed by atoms with Crippen molar-refractivity contribution in [2.45, 2.75) is 44.2 Å². The number of fused-ring (bicyclic) bond motifs is 2. The SMILES string of the molecule is O=C(Nc1cccc2c1OCO2)C1CC2OCCC2N(C(=O)c2ccc(CCN3CCCC3)nc2)C1. The largest absolute Gasteiger partial charge is 0.454 e. The summed E-state index contributed by atoms with van der Waals surface area (Å²) in [4.78, 5) is 35.7. The van der Waals surface area contributed by atoms with Crippen LogP contribution in [0.4, 0.5) is 5.69 Å². The lowest BCUT2D eigenvalue weighted by Gasteiger charge is -2.40. The fourth-order valence-electron chi connectivity index (χ4n) is 5.78. The molecule has 2 aromatic rings. The molecule has 0 saturated carbocycles. The summed E-state index contributed by atoms with van der Waals surface area (Å²) in [7, 11) is 0. The van der Waals surface area contributed by atoms with E-state index in [2.05, 4.69) is 15.2 Å². The van der Waals surface area contributed by atoms with Gasteiger partial charge in [0, 0.05) is 38.0 Å². The van der Waals surface area contributed by atoms with Crippen LogP contribution in [0.3, 0.4) is 0 Å². The Morgan fingerprint density at radius 1 is 1.11 bits per heavy atom. The Morgan fingerprint density at radius 2 is 2.00 bits per heavy atom. The number of rotatable bonds is 6. The number of ether oxygens (including phenoxy) is 3. The third-order valence-corrected chi connectivity index (χ3v) is 7.75. The van der Waals surface area contributed by atoms with Crippen LogP contribution in [0.1, 0.15) is 41.7 Å². The zero-order valence-corrected chi connectivity index (χ0v) is 20.4. The number of nitrogens with zero attached hydrogens (tertiary/aromatic N) is 3. The normalized spacial score (nSPS) is 25.1. The number of aromatic nitrogens is 1. The smallest absolute Gasteiger partial charge is 0.255 e. The molecule has 3 saturated heterocycles. The van der Waals surface area contributed by atoms with Crippen molar-refractivity contribution in [3.05, 3.63) is 47.8 Å². The number of amides is 2. The van der Waals surface area contributed by atoms with Gasteiger partial charge in [-0.05, 0) is 63.0 Å². The highest BCUT2D eigenvalue weighted by Gasteiger charge is 2.44. The Hall–Kier alpha value is -3.17. The molecule has 0 spiro atoms. The Morgan fingerprint density at radius 3 is 2.83 bits per heavy atom. The number of carbonyl (C=O) groups excluding carboxylic acids is 2. The topological polar surface area (TPSA) is 93.2 Å². The van der Waals surface area contributed by atoms with E-state index in [0.717, 1.165) is 25.1 Å². The van der Waals surface area contributed by atoms with E-state index in [0.29, 0.717) is 42.3 Å². The molecule has 1 aromatic heterocycles. The van der Waals surface area contributed by atoms with Gasteiger partial charge in [-0.3, -0.25) is 14.6 Å². The molecule has 0 bridgehead atoms. The van der Waals surface area contributed by atoms with Gasteiger partial charge in [-0.1, -0.05) is 6.07 Å². The zero-order chi connectivity index (χ0) is 24.5. The number of pyridine rings is 1. The maximum Gasteiger partial charge on any atom is 0.255 e. The summed E-state index contributed by atoms with van der Waals surface area (Å²) in [5.41, 5.74) is 2.13. The lowest BCUT2D eigenvalue weighted by atomic mass is 9.88. The second-order valence-corrected chi connectivity index (χ2v) is 10.0. The molecule has 3 fully saturated rings. The van der Waals surface area contributed by atoms with Gasteiger partial charge >= 0.3 is 0 Å². The highest BCUT2D eigenvalue weighted by atomic mass is 16.7. The third kappa shape index (κ3) is 4.65. The first-order chi connectivity index (χ1) is 17.7. The number of carbonyl (C=O) groups is 2. The van der Waals surface area contributed by atoms with Crippen LogP contribution in [0.15, 0.2) is 36.5 Å². The second kappa shape index (κ2) is 10.1. The minimum atomic E-state index is -0.390. The number of piperidine rings is 1. The van der Waals surface area contributed by atoms with Crippen LogP contribution in [0.25, 0.3) is 0 Å². The van der Waals surface area contributed by atoms with Gasteiger partial charge in [0.05, 0.1) is 29.3 Å². The molecule has 4 aliphatic rings. The minimum Gasteiger partial charge on any atom is -0.454 e. The minimum absolute atomic E-state index is 0.0194. The van der Waals surface area contributed by atoms with Crippen molar-refractivity contribution in [1.29, 1.82) is 0 Å². The first-order valence-electron chi connectivity index (χ1n) is 12.9. The molecule has 9 nitrogen and oxygen atoms in total. The summed E-state index contributed by atoms with van der Waals surface area (Å²) in [6, 6.07) is 9.22. The van der Waals surface area contributed by atoms with Gasteiger partial charge in [-0.25, -0.2) is 0 Å². The average Bonchev–Trinajstić information content (AvgIpc) is 3.68. The van der Waals surface area contributed by atoms with Crippen LogP contribution in [0.2, 0.25) is 0 Å². The molecule has 6 rings (SSSR count). The van der Waals surface area contributed by atoms with Crippen LogP contribution in [-0.4, -0.2) is 78.3 Å². The molecule has 3 atom stereocenters. The van der Waals surface area contributed by atoms with Gasteiger partial charge in [0.25, 0.3) is 5.91 Å². The van der Waals surface area contributed by atoms with Gasteiger partial charge in [-0.15, -0.1) is 0 Å². The van der Waals surface area contributed by atoms with E-state index in [1.807, 2.05) is 29.2 Å². The molecule has 1 aromatic carbocycles. The summed E-state index contributed by atoms with van der Waals surface area (Å²) in [6.07, 6.45) is 6.34. The summed E-state index contributed by atoms with van der Waals surface area (Å²) >= 11 is 0. The van der Waals surface area contributed by atoms with Crippen molar-refractivity contribution in [3.63, 3.8) is 0 Å². The molecular weight excluding hydrogens is 460 g/mol. The first-order valence-corrected chi connectivity index (χ1v) is 12.9. The summed E-state index contributed by atoms with van der Waals surface area (Å²) in [5, 5.41) is 2.98. The molecule has 9 heteroatoms. The van der Waals surface area contributed by atoms with Crippen LogP contribution in [0, 0.1) is 5.92 Å². The third-order valence-electron chi connectivity index (χ3n) is 7.75. The van der Waals surface area contributed by atoms with Crippen LogP contribution >= 0.6 is 0 Å². The number of para-hydroxylation sites is 1. The van der Waals surface area contributed by atoms with E-state index >= 15 is 0 Å². The van der Waals surface area contributed by atoms with Crippen molar-refractivity contribution in [2.24, 2.45) is 5.92 Å². The van der Waals surface area contributed by atoms with Gasteiger partial charge in [-0.2, -0.15) is 0 Å². The number of hydrogen-bond donors (Lipinski definition) is 1. The number of hydrogen-bond acceptors (Lipinski definition) is 7. The fraction of sp³-hybridized carbons (Fsp3) is 0.519. The fourth-order valence-corrected chi connectivity index (χ4v) is 5.78. The Balaban J connectivity index is 1.13. The number of anilines is 1. The van der Waals surface area contributed by atoms with Crippen molar-refractivity contribution < 1.29 is 23.8 Å². The van der Waals surface area contributed by atoms with Crippen molar-refractivity contribution in [3.8, 4) is 11.5 Å². The molecule has 2 amide bonds. The van der Waals surface area contributed by atoms with E-state index in [1.54, 1.807) is 12.3 Å². The number of nitrogens with one attached hydrogen (secondary N) is 1. The molecule has 0 radical (unpaired) electrons. The van der Waals surface area contributed by atoms with E-state index in [4.69, 9.17) is 14.2 Å². The Kier molecular flexibility index (Phi) is 6.50. The summed E-state index contributed by atoms with van der Waals surface area (Å²) in [6.45, 7) is 4.41. The quantitative estimate of drug-likeness (QED) is 0.663. The lowest BCUT2D eigenvalue weighted by Crippen LogP contribution is -2.54. The van der Waals surface area contributed by atoms with Gasteiger partial charge in [0.2, 0.25) is 12.7 Å². The Labute approximate surface area is 210 Å². The molecule has 4 aliphatic heterocycles. The van der Waals surface area contributed by atoms with E-state index in [-0.39, 0.29) is 36.7 Å². The summed E-state index contributed by atoms with van der Waals surface area (Å²) in [5.74, 6) is 0.522. The maximum absolute atomic E-state index is 13.6. The summed E-state index contributed by atoms with van der Waals surface area (Å²) < 4.78 is 16.9. The molecule has 0 aliphatic carbocycles. The van der Waals surface area contributed by atoms with E-state index in [9.17, 15) is 9.59 Å². The number of likely N-dealkylation sites (tertiary alicyclic amines) is 2. The highest BCUT2D eigenvalue weighted by molar-refractivity contribution is 5.97. The van der Waals surface area contributed by atoms with Gasteiger partial charge < -0.3 is 29.3 Å². The molecule has 3 unspecified atom stereocenters. The van der Waals surface area contributed by atoms with Crippen molar-refractivity contribution >= 4 is 17.5 Å². The molecule has 5 heterocycles. The van der Waals surface area contributed by atoms with E-state index < -0.39 is 0 Å². The van der Waals surface area contributed by atoms with Gasteiger partial charge in [0.15, 0.2) is 11.5 Å². The van der Waals surface area contributed by atoms with Crippen LogP contribution in [-0.2, 0) is 16.0 Å². The van der Waals surface area contributed by atoms with Crippen molar-refractivity contribution in [2.75, 3.05) is 44.9 Å². The highest BCUT2D eigenvalue weighted by Crippen LogP contribution is 2.40. The standard InChI is InChI=1S/C27H32N4O5/c32-26(29-21-4-3-5-23-25(21)36-17-35-23)19-14-24-22(9-13-34-24)31(16-19)27(33)18-6-7-20(28-15-18)8-12-30-10-1-2-11-30/h3-7,15,19,22,24H,1-2,8-14,16-17H2,(H,29,32). The van der Waals surface area contributed by atoms with Crippen molar-refractivity contribution in [1.82, 2.24) is 14.8 Å². The molecule has 1 N–H and O–H groups in total. The van der Waals surface area contributed by atoms with Gasteiger partial charge in [0.1, 0.15) is 0 Å². The second-order valence-electron chi connectivity index (χ2n) is 10.0. The maximum atomic E-state index is 13.6. The molecular formula is C27H32N4O5. The van der Waals surface area contributed by atoms with Crippen LogP contribution < -0.4 is 14.8 Å². The lowest BCUT2D eigenvalue weighted by molar-refractivity contribution is -0.123. The zero-order valence-electron chi connectivity index (χ0n) is 20.4. The number of benzene rings is 1. The molecule has 190 valence electrons. The monoisotopic (exact) mass is 492 g/mol.